The largest absolute Gasteiger partial charge is 0.387 e. The van der Waals surface area contributed by atoms with Crippen LogP contribution in [0, 0.1) is 0 Å². The molecule has 0 rings (SSSR count). The fourth-order valence-corrected chi connectivity index (χ4v) is 3.94. The zero-order valence-corrected chi connectivity index (χ0v) is 19.3. The first-order chi connectivity index (χ1) is 13.8. The van der Waals surface area contributed by atoms with Crippen LogP contribution in [0.25, 0.3) is 0 Å². The van der Waals surface area contributed by atoms with Crippen LogP contribution in [-0.4, -0.2) is 41.9 Å². The Balaban J connectivity index is 4.29. The van der Waals surface area contributed by atoms with E-state index in [1.165, 1.54) is 38.2 Å². The maximum absolute atomic E-state index is 12.1. The Morgan fingerprint density at radius 1 is 0.897 bits per heavy atom. The Kier molecular flexibility index (Phi) is 17.3. The summed E-state index contributed by atoms with van der Waals surface area (Å²) in [6.45, 7) is 4.32. The monoisotopic (exact) mass is 433 g/mol. The van der Waals surface area contributed by atoms with Gasteiger partial charge in [-0.15, -0.1) is 0 Å². The highest BCUT2D eigenvalue weighted by atomic mass is 32.2. The molecule has 0 saturated carbocycles. The van der Waals surface area contributed by atoms with Crippen molar-refractivity contribution < 1.29 is 22.9 Å². The normalized spacial score (nSPS) is 14.2. The smallest absolute Gasteiger partial charge is 0.267 e. The molecule has 0 aromatic rings. The molecule has 1 amide bonds. The van der Waals surface area contributed by atoms with Crippen molar-refractivity contribution >= 4 is 16.0 Å². The van der Waals surface area contributed by atoms with Crippen LogP contribution in [0.3, 0.4) is 0 Å². The van der Waals surface area contributed by atoms with E-state index in [0.717, 1.165) is 51.4 Å². The Morgan fingerprint density at radius 3 is 1.97 bits per heavy atom. The molecule has 29 heavy (non-hydrogen) atoms. The predicted octanol–water partition coefficient (Wildman–Crippen LogP) is 4.78. The van der Waals surface area contributed by atoms with Crippen molar-refractivity contribution in [2.24, 2.45) is 0 Å². The van der Waals surface area contributed by atoms with E-state index in [2.05, 4.69) is 19.2 Å². The molecule has 0 bridgehead atoms. The van der Waals surface area contributed by atoms with Crippen LogP contribution in [0.1, 0.15) is 104 Å². The lowest BCUT2D eigenvalue weighted by Crippen LogP contribution is -2.46. The number of allylic oxidation sites excluding steroid dienone is 1. The molecule has 0 aliphatic heterocycles. The number of hydrogen-bond donors (Lipinski definition) is 3. The first-order valence-corrected chi connectivity index (χ1v) is 13.0. The number of hydrogen-bond acceptors (Lipinski definition) is 4. The topological polar surface area (TPSA) is 104 Å². The highest BCUT2D eigenvalue weighted by Gasteiger charge is 2.24. The fourth-order valence-electron chi connectivity index (χ4n) is 3.21. The molecule has 172 valence electrons. The Morgan fingerprint density at radius 2 is 1.41 bits per heavy atom. The van der Waals surface area contributed by atoms with Crippen LogP contribution in [0.4, 0.5) is 0 Å². The Labute approximate surface area is 178 Å². The SMILES string of the molecule is CCCCCC/C=C/C(O)C(CS(=O)(=O)O)NC(=O)CCCCCCCCCC. The summed E-state index contributed by atoms with van der Waals surface area (Å²) in [6, 6.07) is -1.04. The summed E-state index contributed by atoms with van der Waals surface area (Å²) in [6.07, 6.45) is 16.6. The third-order valence-electron chi connectivity index (χ3n) is 4.96. The van der Waals surface area contributed by atoms with E-state index in [0.29, 0.717) is 6.42 Å². The summed E-state index contributed by atoms with van der Waals surface area (Å²) in [5.41, 5.74) is 0. The summed E-state index contributed by atoms with van der Waals surface area (Å²) in [5, 5.41) is 12.8. The van der Waals surface area contributed by atoms with Gasteiger partial charge in [-0.1, -0.05) is 90.2 Å². The fraction of sp³-hybridized carbons (Fsp3) is 0.864. The van der Waals surface area contributed by atoms with Crippen molar-refractivity contribution in [1.82, 2.24) is 5.32 Å². The van der Waals surface area contributed by atoms with Gasteiger partial charge in [-0.2, -0.15) is 8.42 Å². The van der Waals surface area contributed by atoms with Crippen LogP contribution >= 0.6 is 0 Å². The van der Waals surface area contributed by atoms with E-state index in [1.54, 1.807) is 0 Å². The second-order valence-electron chi connectivity index (χ2n) is 7.92. The van der Waals surface area contributed by atoms with E-state index >= 15 is 0 Å². The van der Waals surface area contributed by atoms with Crippen LogP contribution in [0.15, 0.2) is 12.2 Å². The van der Waals surface area contributed by atoms with Gasteiger partial charge in [-0.25, -0.2) is 0 Å². The minimum absolute atomic E-state index is 0.292. The van der Waals surface area contributed by atoms with Gasteiger partial charge in [0.1, 0.15) is 0 Å². The number of rotatable bonds is 19. The van der Waals surface area contributed by atoms with Gasteiger partial charge < -0.3 is 10.4 Å². The molecule has 6 nitrogen and oxygen atoms in total. The van der Waals surface area contributed by atoms with E-state index in [9.17, 15) is 18.3 Å². The number of unbranched alkanes of at least 4 members (excludes halogenated alkanes) is 11. The average molecular weight is 434 g/mol. The molecule has 0 aromatic heterocycles. The van der Waals surface area contributed by atoms with E-state index in [1.807, 2.05) is 6.08 Å². The van der Waals surface area contributed by atoms with Gasteiger partial charge in [0.15, 0.2) is 0 Å². The van der Waals surface area contributed by atoms with Crippen LogP contribution < -0.4 is 5.32 Å². The highest BCUT2D eigenvalue weighted by Crippen LogP contribution is 2.10. The molecule has 0 aliphatic carbocycles. The summed E-state index contributed by atoms with van der Waals surface area (Å²) in [5.74, 6) is -0.989. The molecule has 0 radical (unpaired) electrons. The van der Waals surface area contributed by atoms with E-state index in [4.69, 9.17) is 4.55 Å². The molecule has 2 atom stereocenters. The molecule has 0 saturated heterocycles. The minimum Gasteiger partial charge on any atom is -0.387 e. The zero-order valence-electron chi connectivity index (χ0n) is 18.4. The van der Waals surface area contributed by atoms with Gasteiger partial charge in [-0.3, -0.25) is 9.35 Å². The molecular weight excluding hydrogens is 390 g/mol. The van der Waals surface area contributed by atoms with E-state index in [-0.39, 0.29) is 5.91 Å². The van der Waals surface area contributed by atoms with Gasteiger partial charge in [-0.05, 0) is 19.3 Å². The third-order valence-corrected chi connectivity index (χ3v) is 5.74. The molecular formula is C22H43NO5S. The second-order valence-corrected chi connectivity index (χ2v) is 9.41. The maximum Gasteiger partial charge on any atom is 0.267 e. The molecule has 0 spiro atoms. The van der Waals surface area contributed by atoms with Crippen LogP contribution in [0.5, 0.6) is 0 Å². The van der Waals surface area contributed by atoms with Crippen molar-refractivity contribution in [3.63, 3.8) is 0 Å². The molecule has 0 aliphatic rings. The summed E-state index contributed by atoms with van der Waals surface area (Å²) in [4.78, 5) is 12.1. The molecule has 0 aromatic carbocycles. The van der Waals surface area contributed by atoms with Crippen molar-refractivity contribution in [3.05, 3.63) is 12.2 Å². The Hall–Kier alpha value is -0.920. The zero-order chi connectivity index (χ0) is 22.0. The molecule has 0 fully saturated rings. The quantitative estimate of drug-likeness (QED) is 0.154. The maximum atomic E-state index is 12.1. The third kappa shape index (κ3) is 18.8. The molecule has 0 heterocycles. The van der Waals surface area contributed by atoms with Gasteiger partial charge in [0.2, 0.25) is 5.91 Å². The van der Waals surface area contributed by atoms with Gasteiger partial charge in [0, 0.05) is 6.42 Å². The standard InChI is InChI=1S/C22H43NO5S/c1-3-5-7-9-11-12-14-16-18-22(25)23-20(19-29(26,27)28)21(24)17-15-13-10-8-6-4-2/h15,17,20-21,24H,3-14,16,18-19H2,1-2H3,(H,23,25)(H,26,27,28)/b17-15+. The first-order valence-electron chi connectivity index (χ1n) is 11.4. The number of aliphatic hydroxyl groups is 1. The highest BCUT2D eigenvalue weighted by molar-refractivity contribution is 7.85. The van der Waals surface area contributed by atoms with Crippen molar-refractivity contribution in [2.75, 3.05) is 5.75 Å². The lowest BCUT2D eigenvalue weighted by Gasteiger charge is -2.21. The number of carbonyl (C=O) groups is 1. The Bertz CT molecular complexity index is 533. The predicted molar refractivity (Wildman–Crippen MR) is 119 cm³/mol. The van der Waals surface area contributed by atoms with Gasteiger partial charge in [0.25, 0.3) is 10.1 Å². The summed E-state index contributed by atoms with van der Waals surface area (Å²) >= 11 is 0. The number of nitrogens with one attached hydrogen (secondary N) is 1. The minimum atomic E-state index is -4.31. The number of amides is 1. The summed E-state index contributed by atoms with van der Waals surface area (Å²) in [7, 11) is -4.31. The lowest BCUT2D eigenvalue weighted by molar-refractivity contribution is -0.122. The van der Waals surface area contributed by atoms with E-state index < -0.39 is 28.0 Å². The molecule has 7 heteroatoms. The number of aliphatic hydroxyl groups excluding tert-OH is 1. The van der Waals surface area contributed by atoms with Crippen molar-refractivity contribution in [2.45, 2.75) is 116 Å². The number of carbonyl (C=O) groups excluding carboxylic acids is 1. The summed E-state index contributed by atoms with van der Waals surface area (Å²) < 4.78 is 31.6. The second kappa shape index (κ2) is 17.9. The van der Waals surface area contributed by atoms with Gasteiger partial charge in [0.05, 0.1) is 17.9 Å². The van der Waals surface area contributed by atoms with Crippen molar-refractivity contribution in [1.29, 1.82) is 0 Å². The first kappa shape index (κ1) is 28.1. The molecule has 3 N–H and O–H groups in total. The average Bonchev–Trinajstić information content (AvgIpc) is 2.65. The lowest BCUT2D eigenvalue weighted by atomic mass is 10.1. The van der Waals surface area contributed by atoms with Crippen LogP contribution in [0.2, 0.25) is 0 Å². The van der Waals surface area contributed by atoms with Crippen LogP contribution in [-0.2, 0) is 14.9 Å². The van der Waals surface area contributed by atoms with Crippen molar-refractivity contribution in [3.8, 4) is 0 Å². The van der Waals surface area contributed by atoms with Gasteiger partial charge >= 0.3 is 0 Å². The molecule has 2 unspecified atom stereocenters.